The van der Waals surface area contributed by atoms with Gasteiger partial charge in [0.15, 0.2) is 0 Å². The zero-order valence-corrected chi connectivity index (χ0v) is 21.5. The fraction of sp³-hybridized carbons (Fsp3) is 0.115. The Balaban J connectivity index is 1.97. The molecule has 0 aliphatic rings. The third-order valence-corrected chi connectivity index (χ3v) is 7.60. The molecule has 0 N–H and O–H groups in total. The van der Waals surface area contributed by atoms with Crippen LogP contribution in [-0.4, -0.2) is 17.8 Å². The van der Waals surface area contributed by atoms with Crippen LogP contribution in [0.3, 0.4) is 0 Å². The molecule has 35 heavy (non-hydrogen) atoms. The summed E-state index contributed by atoms with van der Waals surface area (Å²) in [4.78, 5) is 17.3. The molecule has 0 unspecified atom stereocenters. The first-order chi connectivity index (χ1) is 16.6. The molecule has 0 radical (unpaired) electrons. The second-order valence-electron chi connectivity index (χ2n) is 7.97. The molecule has 0 bridgehead atoms. The Hall–Kier alpha value is -3.74. The van der Waals surface area contributed by atoms with Crippen LogP contribution in [0.15, 0.2) is 79.9 Å². The summed E-state index contributed by atoms with van der Waals surface area (Å²) in [7, 11) is -4.20. The van der Waals surface area contributed by atoms with E-state index in [-0.39, 0.29) is 16.3 Å². The van der Waals surface area contributed by atoms with Crippen LogP contribution >= 0.6 is 15.9 Å². The standard InChI is InChI=1S/C26H20BrN3O4S/c1-16-6-11-23(18(3)13-16)34-25-22(26(31)30-12-4-5-17(2)24(30)29-25)14-21(15-28)35(32,33)20-9-7-19(27)8-10-20/h4-14H,1-3H3. The van der Waals surface area contributed by atoms with Gasteiger partial charge in [0.25, 0.3) is 5.56 Å². The first kappa shape index (κ1) is 24.4. The van der Waals surface area contributed by atoms with Gasteiger partial charge in [0.05, 0.1) is 4.90 Å². The Kier molecular flexibility index (Phi) is 6.61. The lowest BCUT2D eigenvalue weighted by atomic mass is 10.1. The number of nitrogens with zero attached hydrogens (tertiary/aromatic N) is 3. The van der Waals surface area contributed by atoms with Crippen molar-refractivity contribution in [3.8, 4) is 17.7 Å². The van der Waals surface area contributed by atoms with E-state index in [1.807, 2.05) is 26.0 Å². The summed E-state index contributed by atoms with van der Waals surface area (Å²) in [6.07, 6.45) is 2.56. The second-order valence-corrected chi connectivity index (χ2v) is 10.8. The second kappa shape index (κ2) is 9.49. The average Bonchev–Trinajstić information content (AvgIpc) is 2.81. The SMILES string of the molecule is Cc1ccc(Oc2nc3c(C)cccn3c(=O)c2C=C(C#N)S(=O)(=O)c2ccc(Br)cc2)c(C)c1. The number of allylic oxidation sites excluding steroid dienone is 1. The highest BCUT2D eigenvalue weighted by molar-refractivity contribution is 9.10. The molecular formula is C26H20BrN3O4S. The molecular weight excluding hydrogens is 530 g/mol. The minimum absolute atomic E-state index is 0.0740. The summed E-state index contributed by atoms with van der Waals surface area (Å²) >= 11 is 3.27. The molecule has 4 rings (SSSR count). The molecule has 0 saturated carbocycles. The number of hydrogen-bond donors (Lipinski definition) is 0. The Morgan fingerprint density at radius 3 is 2.46 bits per heavy atom. The summed E-state index contributed by atoms with van der Waals surface area (Å²) in [5, 5.41) is 9.77. The van der Waals surface area contributed by atoms with Crippen LogP contribution in [-0.2, 0) is 9.84 Å². The number of rotatable bonds is 5. The number of sulfone groups is 1. The predicted molar refractivity (Wildman–Crippen MR) is 137 cm³/mol. The summed E-state index contributed by atoms with van der Waals surface area (Å²) in [6.45, 7) is 5.60. The van der Waals surface area contributed by atoms with Gasteiger partial charge in [0.1, 0.15) is 27.9 Å². The minimum atomic E-state index is -4.20. The topological polar surface area (TPSA) is 102 Å². The van der Waals surface area contributed by atoms with Gasteiger partial charge in [-0.25, -0.2) is 8.42 Å². The summed E-state index contributed by atoms with van der Waals surface area (Å²) in [5.41, 5.74) is 2.24. The normalized spacial score (nSPS) is 11.9. The number of pyridine rings is 1. The van der Waals surface area contributed by atoms with Crippen LogP contribution in [0.5, 0.6) is 11.6 Å². The van der Waals surface area contributed by atoms with Crippen molar-refractivity contribution in [2.24, 2.45) is 0 Å². The molecule has 0 amide bonds. The third-order valence-electron chi connectivity index (χ3n) is 5.39. The lowest BCUT2D eigenvalue weighted by Gasteiger charge is -2.13. The molecule has 7 nitrogen and oxygen atoms in total. The van der Waals surface area contributed by atoms with Gasteiger partial charge in [-0.3, -0.25) is 9.20 Å². The molecule has 2 aromatic carbocycles. The Morgan fingerprint density at radius 2 is 1.80 bits per heavy atom. The molecule has 9 heteroatoms. The van der Waals surface area contributed by atoms with E-state index >= 15 is 0 Å². The van der Waals surface area contributed by atoms with E-state index in [0.29, 0.717) is 15.9 Å². The molecule has 0 aliphatic carbocycles. The molecule has 4 aromatic rings. The van der Waals surface area contributed by atoms with E-state index in [4.69, 9.17) is 4.74 Å². The number of ether oxygens (including phenoxy) is 1. The van der Waals surface area contributed by atoms with Gasteiger partial charge in [-0.05, 0) is 74.4 Å². The highest BCUT2D eigenvalue weighted by atomic mass is 79.9. The van der Waals surface area contributed by atoms with Crippen molar-refractivity contribution in [3.05, 3.63) is 103 Å². The first-order valence-corrected chi connectivity index (χ1v) is 12.8. The number of hydrogen-bond acceptors (Lipinski definition) is 6. The maximum atomic E-state index is 13.5. The fourth-order valence-corrected chi connectivity index (χ4v) is 4.96. The van der Waals surface area contributed by atoms with Gasteiger partial charge in [-0.2, -0.15) is 10.2 Å². The quantitative estimate of drug-likeness (QED) is 0.304. The first-order valence-electron chi connectivity index (χ1n) is 10.5. The van der Waals surface area contributed by atoms with Gasteiger partial charge in [-0.15, -0.1) is 0 Å². The van der Waals surface area contributed by atoms with Crippen molar-refractivity contribution in [1.29, 1.82) is 5.26 Å². The van der Waals surface area contributed by atoms with E-state index in [1.54, 1.807) is 43.3 Å². The van der Waals surface area contributed by atoms with Crippen LogP contribution < -0.4 is 10.3 Å². The molecule has 2 heterocycles. The lowest BCUT2D eigenvalue weighted by molar-refractivity contribution is 0.457. The molecule has 176 valence electrons. The predicted octanol–water partition coefficient (Wildman–Crippen LogP) is 5.51. The molecule has 0 aliphatic heterocycles. The largest absolute Gasteiger partial charge is 0.438 e. The Bertz CT molecular complexity index is 1700. The summed E-state index contributed by atoms with van der Waals surface area (Å²) in [6, 6.07) is 16.6. The van der Waals surface area contributed by atoms with Crippen LogP contribution in [0, 0.1) is 32.1 Å². The average molecular weight is 550 g/mol. The summed E-state index contributed by atoms with van der Waals surface area (Å²) < 4.78 is 34.4. The van der Waals surface area contributed by atoms with Crippen molar-refractivity contribution in [1.82, 2.24) is 9.38 Å². The third kappa shape index (κ3) is 4.76. The Morgan fingerprint density at radius 1 is 1.09 bits per heavy atom. The highest BCUT2D eigenvalue weighted by Crippen LogP contribution is 2.29. The van der Waals surface area contributed by atoms with Gasteiger partial charge < -0.3 is 4.74 Å². The number of fused-ring (bicyclic) bond motifs is 1. The number of nitriles is 1. The molecule has 0 fully saturated rings. The summed E-state index contributed by atoms with van der Waals surface area (Å²) in [5.74, 6) is 0.374. The fourth-order valence-electron chi connectivity index (χ4n) is 3.55. The van der Waals surface area contributed by atoms with Crippen molar-refractivity contribution in [2.75, 3.05) is 0 Å². The van der Waals surface area contributed by atoms with Crippen molar-refractivity contribution in [2.45, 2.75) is 25.7 Å². The minimum Gasteiger partial charge on any atom is -0.438 e. The molecule has 2 aromatic heterocycles. The van der Waals surface area contributed by atoms with E-state index < -0.39 is 20.3 Å². The van der Waals surface area contributed by atoms with Crippen molar-refractivity contribution >= 4 is 37.5 Å². The molecule has 0 spiro atoms. The van der Waals surface area contributed by atoms with E-state index in [2.05, 4.69) is 20.9 Å². The van der Waals surface area contributed by atoms with Crippen LogP contribution in [0.2, 0.25) is 0 Å². The highest BCUT2D eigenvalue weighted by Gasteiger charge is 2.24. The molecule has 0 saturated heterocycles. The number of aromatic nitrogens is 2. The Labute approximate surface area is 211 Å². The van der Waals surface area contributed by atoms with Crippen molar-refractivity contribution < 1.29 is 13.2 Å². The van der Waals surface area contributed by atoms with Crippen LogP contribution in [0.1, 0.15) is 22.3 Å². The van der Waals surface area contributed by atoms with Gasteiger partial charge in [0, 0.05) is 10.7 Å². The van der Waals surface area contributed by atoms with Crippen LogP contribution in [0.25, 0.3) is 11.7 Å². The van der Waals surface area contributed by atoms with E-state index in [1.165, 1.54) is 22.7 Å². The maximum Gasteiger partial charge on any atom is 0.269 e. The zero-order chi connectivity index (χ0) is 25.3. The zero-order valence-electron chi connectivity index (χ0n) is 19.1. The number of benzene rings is 2. The van der Waals surface area contributed by atoms with Crippen molar-refractivity contribution in [3.63, 3.8) is 0 Å². The smallest absolute Gasteiger partial charge is 0.269 e. The van der Waals surface area contributed by atoms with E-state index in [9.17, 15) is 18.5 Å². The van der Waals surface area contributed by atoms with Gasteiger partial charge in [0.2, 0.25) is 15.7 Å². The van der Waals surface area contributed by atoms with Crippen LogP contribution in [0.4, 0.5) is 0 Å². The maximum absolute atomic E-state index is 13.5. The van der Waals surface area contributed by atoms with Gasteiger partial charge in [-0.1, -0.05) is 39.7 Å². The lowest BCUT2D eigenvalue weighted by Crippen LogP contribution is -2.20. The molecule has 0 atom stereocenters. The van der Waals surface area contributed by atoms with Gasteiger partial charge >= 0.3 is 0 Å². The number of aryl methyl sites for hydroxylation is 3. The van der Waals surface area contributed by atoms with E-state index in [0.717, 1.165) is 22.8 Å². The number of halogens is 1. The monoisotopic (exact) mass is 549 g/mol.